The minimum Gasteiger partial charge on any atom is -0.323 e. The Kier molecular flexibility index (Phi) is 5.64. The van der Waals surface area contributed by atoms with Crippen molar-refractivity contribution in [1.29, 1.82) is 0 Å². The van der Waals surface area contributed by atoms with Crippen LogP contribution in [0.5, 0.6) is 0 Å². The van der Waals surface area contributed by atoms with E-state index in [0.29, 0.717) is 11.9 Å². The molecule has 1 saturated heterocycles. The van der Waals surface area contributed by atoms with Gasteiger partial charge in [-0.1, -0.05) is 40.0 Å². The highest BCUT2D eigenvalue weighted by Gasteiger charge is 2.47. The maximum absolute atomic E-state index is 12.6. The van der Waals surface area contributed by atoms with Crippen LogP contribution in [0.1, 0.15) is 73.1 Å². The number of hydrogen-bond donors (Lipinski definition) is 1. The molecule has 0 aromatic rings. The minimum atomic E-state index is -0.348. The SMILES string of the molecule is CCCCCC(C)N1C(=O)C(C)(CC)NC1CC. The highest BCUT2D eigenvalue weighted by atomic mass is 16.2. The number of hydrogen-bond acceptors (Lipinski definition) is 2. The predicted molar refractivity (Wildman–Crippen MR) is 76.4 cm³/mol. The molecule has 0 aliphatic carbocycles. The van der Waals surface area contributed by atoms with Crippen LogP contribution in [0.4, 0.5) is 0 Å². The molecule has 1 aliphatic heterocycles. The van der Waals surface area contributed by atoms with Gasteiger partial charge < -0.3 is 4.90 Å². The van der Waals surface area contributed by atoms with E-state index in [-0.39, 0.29) is 11.7 Å². The van der Waals surface area contributed by atoms with Crippen molar-refractivity contribution in [3.8, 4) is 0 Å². The Morgan fingerprint density at radius 3 is 2.50 bits per heavy atom. The molecule has 0 radical (unpaired) electrons. The van der Waals surface area contributed by atoms with E-state index in [1.807, 2.05) is 6.92 Å². The maximum Gasteiger partial charge on any atom is 0.244 e. The van der Waals surface area contributed by atoms with E-state index < -0.39 is 0 Å². The molecule has 1 fully saturated rings. The quantitative estimate of drug-likeness (QED) is 0.707. The van der Waals surface area contributed by atoms with Gasteiger partial charge in [0.2, 0.25) is 5.91 Å². The molecule has 106 valence electrons. The number of carbonyl (C=O) groups excluding carboxylic acids is 1. The topological polar surface area (TPSA) is 32.3 Å². The van der Waals surface area contributed by atoms with Crippen LogP contribution in [0.25, 0.3) is 0 Å². The second-order valence-corrected chi connectivity index (χ2v) is 5.81. The van der Waals surface area contributed by atoms with Gasteiger partial charge in [-0.3, -0.25) is 10.1 Å². The zero-order chi connectivity index (χ0) is 13.8. The van der Waals surface area contributed by atoms with Crippen molar-refractivity contribution in [2.45, 2.75) is 90.9 Å². The summed E-state index contributed by atoms with van der Waals surface area (Å²) >= 11 is 0. The molecular weight excluding hydrogens is 224 g/mol. The smallest absolute Gasteiger partial charge is 0.244 e. The summed E-state index contributed by atoms with van der Waals surface area (Å²) in [5, 5.41) is 3.51. The first kappa shape index (κ1) is 15.5. The largest absolute Gasteiger partial charge is 0.323 e. The van der Waals surface area contributed by atoms with Crippen LogP contribution in [-0.4, -0.2) is 28.6 Å². The molecule has 0 bridgehead atoms. The van der Waals surface area contributed by atoms with Gasteiger partial charge in [-0.25, -0.2) is 0 Å². The Bertz CT molecular complexity index is 280. The van der Waals surface area contributed by atoms with Crippen molar-refractivity contribution in [1.82, 2.24) is 10.2 Å². The fourth-order valence-corrected chi connectivity index (χ4v) is 2.81. The zero-order valence-corrected chi connectivity index (χ0v) is 12.8. The van der Waals surface area contributed by atoms with E-state index in [9.17, 15) is 4.79 Å². The fraction of sp³-hybridized carbons (Fsp3) is 0.933. The predicted octanol–water partition coefficient (Wildman–Crippen LogP) is 3.29. The number of unbranched alkanes of at least 4 members (excludes halogenated alkanes) is 2. The van der Waals surface area contributed by atoms with E-state index in [0.717, 1.165) is 19.3 Å². The van der Waals surface area contributed by atoms with Gasteiger partial charge in [0.05, 0.1) is 11.7 Å². The van der Waals surface area contributed by atoms with Crippen LogP contribution in [0.2, 0.25) is 0 Å². The highest BCUT2D eigenvalue weighted by molar-refractivity contribution is 5.88. The zero-order valence-electron chi connectivity index (χ0n) is 12.8. The Balaban J connectivity index is 2.69. The van der Waals surface area contributed by atoms with Gasteiger partial charge in [-0.05, 0) is 33.1 Å². The van der Waals surface area contributed by atoms with Gasteiger partial charge in [-0.2, -0.15) is 0 Å². The van der Waals surface area contributed by atoms with E-state index in [4.69, 9.17) is 0 Å². The molecule has 1 amide bonds. The lowest BCUT2D eigenvalue weighted by Gasteiger charge is -2.30. The summed E-state index contributed by atoms with van der Waals surface area (Å²) in [4.78, 5) is 14.7. The van der Waals surface area contributed by atoms with E-state index in [2.05, 4.69) is 37.9 Å². The third-order valence-electron chi connectivity index (χ3n) is 4.32. The molecule has 1 N–H and O–H groups in total. The molecule has 0 aromatic heterocycles. The van der Waals surface area contributed by atoms with Crippen LogP contribution in [0.15, 0.2) is 0 Å². The molecular formula is C15H30N2O. The van der Waals surface area contributed by atoms with Gasteiger partial charge in [-0.15, -0.1) is 0 Å². The summed E-state index contributed by atoms with van der Waals surface area (Å²) in [6.07, 6.45) is 6.92. The molecule has 3 nitrogen and oxygen atoms in total. The lowest BCUT2D eigenvalue weighted by molar-refractivity contribution is -0.135. The molecule has 3 heteroatoms. The number of nitrogens with zero attached hydrogens (tertiary/aromatic N) is 1. The van der Waals surface area contributed by atoms with Crippen LogP contribution in [0, 0.1) is 0 Å². The second-order valence-electron chi connectivity index (χ2n) is 5.81. The molecule has 3 atom stereocenters. The summed E-state index contributed by atoms with van der Waals surface area (Å²) in [5.74, 6) is 0.292. The van der Waals surface area contributed by atoms with Gasteiger partial charge in [0.15, 0.2) is 0 Å². The minimum absolute atomic E-state index is 0.221. The number of carbonyl (C=O) groups is 1. The Morgan fingerprint density at radius 1 is 1.33 bits per heavy atom. The van der Waals surface area contributed by atoms with E-state index >= 15 is 0 Å². The highest BCUT2D eigenvalue weighted by Crippen LogP contribution is 2.28. The number of amides is 1. The Labute approximate surface area is 112 Å². The maximum atomic E-state index is 12.6. The van der Waals surface area contributed by atoms with Crippen molar-refractivity contribution in [2.24, 2.45) is 0 Å². The van der Waals surface area contributed by atoms with Gasteiger partial charge in [0.25, 0.3) is 0 Å². The van der Waals surface area contributed by atoms with Crippen molar-refractivity contribution < 1.29 is 4.79 Å². The lowest BCUT2D eigenvalue weighted by Crippen LogP contribution is -2.44. The number of rotatable bonds is 7. The standard InChI is InChI=1S/C15H30N2O/c1-6-9-10-11-12(4)17-13(7-2)16-15(5,8-3)14(17)18/h12-13,16H,6-11H2,1-5H3. The first-order chi connectivity index (χ1) is 8.50. The first-order valence-corrected chi connectivity index (χ1v) is 7.60. The van der Waals surface area contributed by atoms with Crippen molar-refractivity contribution in [3.63, 3.8) is 0 Å². The monoisotopic (exact) mass is 254 g/mol. The summed E-state index contributed by atoms with van der Waals surface area (Å²) in [6.45, 7) is 10.7. The molecule has 18 heavy (non-hydrogen) atoms. The molecule has 1 aliphatic rings. The summed E-state index contributed by atoms with van der Waals surface area (Å²) < 4.78 is 0. The van der Waals surface area contributed by atoms with Crippen LogP contribution < -0.4 is 5.32 Å². The van der Waals surface area contributed by atoms with Crippen molar-refractivity contribution >= 4 is 5.91 Å². The van der Waals surface area contributed by atoms with Crippen LogP contribution in [-0.2, 0) is 4.79 Å². The van der Waals surface area contributed by atoms with Crippen molar-refractivity contribution in [2.75, 3.05) is 0 Å². The fourth-order valence-electron chi connectivity index (χ4n) is 2.81. The lowest BCUT2D eigenvalue weighted by atomic mass is 9.98. The average Bonchev–Trinajstić information content (AvgIpc) is 2.63. The molecule has 0 aromatic carbocycles. The molecule has 1 heterocycles. The van der Waals surface area contributed by atoms with Crippen LogP contribution in [0.3, 0.4) is 0 Å². The van der Waals surface area contributed by atoms with Crippen LogP contribution >= 0.6 is 0 Å². The van der Waals surface area contributed by atoms with E-state index in [1.54, 1.807) is 0 Å². The first-order valence-electron chi connectivity index (χ1n) is 7.60. The summed E-state index contributed by atoms with van der Waals surface area (Å²) in [5.41, 5.74) is -0.348. The Hall–Kier alpha value is -0.570. The van der Waals surface area contributed by atoms with Gasteiger partial charge >= 0.3 is 0 Å². The molecule has 0 spiro atoms. The molecule has 3 unspecified atom stereocenters. The molecule has 1 rings (SSSR count). The van der Waals surface area contributed by atoms with Gasteiger partial charge in [0, 0.05) is 6.04 Å². The van der Waals surface area contributed by atoms with Gasteiger partial charge in [0.1, 0.15) is 0 Å². The average molecular weight is 254 g/mol. The summed E-state index contributed by atoms with van der Waals surface area (Å²) in [6, 6.07) is 0.356. The molecule has 0 saturated carbocycles. The number of nitrogens with one attached hydrogen (secondary N) is 1. The third-order valence-corrected chi connectivity index (χ3v) is 4.32. The third kappa shape index (κ3) is 3.05. The summed E-state index contributed by atoms with van der Waals surface area (Å²) in [7, 11) is 0. The normalized spacial score (nSPS) is 29.9. The van der Waals surface area contributed by atoms with E-state index in [1.165, 1.54) is 19.3 Å². The van der Waals surface area contributed by atoms with Crippen molar-refractivity contribution in [3.05, 3.63) is 0 Å². The second kappa shape index (κ2) is 6.55. The Morgan fingerprint density at radius 2 is 2.00 bits per heavy atom.